The molecule has 7 nitrogen and oxygen atoms in total. The van der Waals surface area contributed by atoms with E-state index in [1.165, 1.54) is 16.4 Å². The lowest BCUT2D eigenvalue weighted by atomic mass is 10.1. The molecule has 166 valence electrons. The molecule has 0 saturated heterocycles. The van der Waals surface area contributed by atoms with Crippen molar-refractivity contribution in [2.75, 3.05) is 0 Å². The second-order valence-corrected chi connectivity index (χ2v) is 9.36. The third kappa shape index (κ3) is 4.74. The molecule has 5 rings (SSSR count). The van der Waals surface area contributed by atoms with Gasteiger partial charge < -0.3 is 4.42 Å². The van der Waals surface area contributed by atoms with Crippen LogP contribution in [0.2, 0.25) is 0 Å². The fourth-order valence-electron chi connectivity index (χ4n) is 3.50. The lowest BCUT2D eigenvalue weighted by Gasteiger charge is -2.09. The first-order valence-corrected chi connectivity index (χ1v) is 12.5. The number of thiazole rings is 1. The molecule has 0 aliphatic rings. The van der Waals surface area contributed by atoms with Crippen molar-refractivity contribution in [1.82, 2.24) is 25.0 Å². The zero-order valence-electron chi connectivity index (χ0n) is 18.0. The van der Waals surface area contributed by atoms with Crippen LogP contribution in [0.1, 0.15) is 29.6 Å². The van der Waals surface area contributed by atoms with Crippen LogP contribution in [0.4, 0.5) is 0 Å². The Morgan fingerprint density at radius 2 is 1.82 bits per heavy atom. The van der Waals surface area contributed by atoms with Gasteiger partial charge in [-0.25, -0.2) is 9.67 Å². The van der Waals surface area contributed by atoms with Gasteiger partial charge in [-0.05, 0) is 24.5 Å². The number of fused-ring (bicyclic) bond motifs is 1. The lowest BCUT2D eigenvalue weighted by molar-refractivity contribution is 0.462. The molecule has 3 aromatic heterocycles. The smallest absolute Gasteiger partial charge is 0.277 e. The summed E-state index contributed by atoms with van der Waals surface area (Å²) in [7, 11) is 0. The summed E-state index contributed by atoms with van der Waals surface area (Å²) in [5.41, 5.74) is 2.34. The van der Waals surface area contributed by atoms with Gasteiger partial charge in [0.2, 0.25) is 0 Å². The van der Waals surface area contributed by atoms with Crippen LogP contribution in [-0.2, 0) is 18.7 Å². The maximum absolute atomic E-state index is 13.1. The highest BCUT2D eigenvalue weighted by molar-refractivity contribution is 7.98. The molecule has 2 aromatic carbocycles. The average molecular weight is 476 g/mol. The predicted octanol–water partition coefficient (Wildman–Crippen LogP) is 5.20. The van der Waals surface area contributed by atoms with Crippen molar-refractivity contribution in [1.29, 1.82) is 0 Å². The Morgan fingerprint density at radius 1 is 1.03 bits per heavy atom. The van der Waals surface area contributed by atoms with E-state index < -0.39 is 0 Å². The molecular weight excluding hydrogens is 454 g/mol. The second-order valence-electron chi connectivity index (χ2n) is 7.49. The Morgan fingerprint density at radius 3 is 2.64 bits per heavy atom. The Bertz CT molecular complexity index is 1440. The Balaban J connectivity index is 1.45. The summed E-state index contributed by atoms with van der Waals surface area (Å²) in [6.45, 7) is 2.51. The monoisotopic (exact) mass is 475 g/mol. The molecule has 0 atom stereocenters. The summed E-state index contributed by atoms with van der Waals surface area (Å²) in [6, 6.07) is 17.1. The molecule has 5 aromatic rings. The van der Waals surface area contributed by atoms with E-state index in [9.17, 15) is 4.79 Å². The van der Waals surface area contributed by atoms with Crippen LogP contribution >= 0.6 is 23.1 Å². The highest BCUT2D eigenvalue weighted by Gasteiger charge is 2.18. The topological polar surface area (TPSA) is 86.7 Å². The molecule has 9 heteroatoms. The highest BCUT2D eigenvalue weighted by Crippen LogP contribution is 2.28. The quantitative estimate of drug-likeness (QED) is 0.285. The molecule has 0 bridgehead atoms. The van der Waals surface area contributed by atoms with E-state index in [1.807, 2.05) is 48.5 Å². The minimum absolute atomic E-state index is 0.154. The Labute approximate surface area is 198 Å². The molecule has 0 aliphatic heterocycles. The second kappa shape index (κ2) is 9.68. The average Bonchev–Trinajstić information content (AvgIpc) is 3.50. The zero-order chi connectivity index (χ0) is 22.6. The molecule has 0 spiro atoms. The minimum Gasteiger partial charge on any atom is -0.409 e. The van der Waals surface area contributed by atoms with Crippen molar-refractivity contribution in [3.63, 3.8) is 0 Å². The number of hydrogen-bond donors (Lipinski definition) is 0. The lowest BCUT2D eigenvalue weighted by Crippen LogP contribution is -2.24. The van der Waals surface area contributed by atoms with Crippen molar-refractivity contribution in [3.05, 3.63) is 86.6 Å². The number of benzene rings is 2. The molecule has 0 fully saturated rings. The Kier molecular flexibility index (Phi) is 6.32. The van der Waals surface area contributed by atoms with Gasteiger partial charge in [0, 0.05) is 16.5 Å². The van der Waals surface area contributed by atoms with E-state index in [4.69, 9.17) is 4.42 Å². The van der Waals surface area contributed by atoms with Crippen LogP contribution in [0.3, 0.4) is 0 Å². The maximum atomic E-state index is 13.1. The van der Waals surface area contributed by atoms with Crippen LogP contribution in [-0.4, -0.2) is 25.0 Å². The van der Waals surface area contributed by atoms with Crippen LogP contribution in [0, 0.1) is 0 Å². The maximum Gasteiger partial charge on any atom is 0.277 e. The van der Waals surface area contributed by atoms with E-state index in [2.05, 4.69) is 32.6 Å². The highest BCUT2D eigenvalue weighted by atomic mass is 32.2. The first-order valence-electron chi connectivity index (χ1n) is 10.6. The number of aryl methyl sites for hydroxylation is 1. The number of nitrogens with zero attached hydrogens (tertiary/aromatic N) is 5. The van der Waals surface area contributed by atoms with Gasteiger partial charge in [-0.1, -0.05) is 67.2 Å². The van der Waals surface area contributed by atoms with Gasteiger partial charge in [-0.3, -0.25) is 4.79 Å². The SMILES string of the molecule is CCCc1nc(CSc2nnc(-c3nn(Cc4ccccc4)c(=O)c4ccccc34)o2)cs1. The molecular formula is C24H21N5O2S2. The van der Waals surface area contributed by atoms with E-state index in [0.29, 0.717) is 39.9 Å². The van der Waals surface area contributed by atoms with Crippen LogP contribution < -0.4 is 5.56 Å². The molecule has 0 saturated carbocycles. The van der Waals surface area contributed by atoms with Crippen LogP contribution in [0.5, 0.6) is 0 Å². The zero-order valence-corrected chi connectivity index (χ0v) is 19.6. The summed E-state index contributed by atoms with van der Waals surface area (Å²) in [5, 5.41) is 18.0. The standard InChI is InChI=1S/C24H21N5O2S2/c1-2-8-20-25-17(14-32-20)15-33-24-27-26-22(31-24)21-18-11-6-7-12-19(18)23(30)29(28-21)13-16-9-4-3-5-10-16/h3-7,9-12,14H,2,8,13,15H2,1H3. The molecule has 0 N–H and O–H groups in total. The van der Waals surface area contributed by atoms with Gasteiger partial charge in [0.1, 0.15) is 0 Å². The summed E-state index contributed by atoms with van der Waals surface area (Å²) >= 11 is 3.13. The van der Waals surface area contributed by atoms with Gasteiger partial charge in [-0.2, -0.15) is 5.10 Å². The van der Waals surface area contributed by atoms with Gasteiger partial charge in [-0.15, -0.1) is 21.5 Å². The summed E-state index contributed by atoms with van der Waals surface area (Å²) < 4.78 is 7.39. The fraction of sp³-hybridized carbons (Fsp3) is 0.208. The van der Waals surface area contributed by atoms with Crippen molar-refractivity contribution < 1.29 is 4.42 Å². The number of hydrogen-bond acceptors (Lipinski definition) is 8. The molecule has 3 heterocycles. The first kappa shape index (κ1) is 21.5. The number of aromatic nitrogens is 5. The van der Waals surface area contributed by atoms with E-state index in [0.717, 1.165) is 29.1 Å². The van der Waals surface area contributed by atoms with Gasteiger partial charge >= 0.3 is 0 Å². The first-order chi connectivity index (χ1) is 16.2. The third-order valence-electron chi connectivity index (χ3n) is 5.06. The van der Waals surface area contributed by atoms with Crippen LogP contribution in [0.25, 0.3) is 22.4 Å². The third-order valence-corrected chi connectivity index (χ3v) is 6.87. The van der Waals surface area contributed by atoms with Crippen molar-refractivity contribution in [2.24, 2.45) is 0 Å². The van der Waals surface area contributed by atoms with E-state index in [1.54, 1.807) is 17.4 Å². The van der Waals surface area contributed by atoms with Gasteiger partial charge in [0.05, 0.1) is 22.6 Å². The van der Waals surface area contributed by atoms with Crippen molar-refractivity contribution in [2.45, 2.75) is 37.3 Å². The molecule has 0 aliphatic carbocycles. The predicted molar refractivity (Wildman–Crippen MR) is 131 cm³/mol. The summed E-state index contributed by atoms with van der Waals surface area (Å²) in [5.74, 6) is 0.948. The summed E-state index contributed by atoms with van der Waals surface area (Å²) in [6.07, 6.45) is 2.08. The fourth-order valence-corrected chi connectivity index (χ4v) is 5.16. The Hall–Kier alpha value is -3.30. The molecule has 0 amide bonds. The van der Waals surface area contributed by atoms with E-state index in [-0.39, 0.29) is 5.56 Å². The van der Waals surface area contributed by atoms with E-state index >= 15 is 0 Å². The van der Waals surface area contributed by atoms with Crippen LogP contribution in [0.15, 0.2) is 74.4 Å². The number of thioether (sulfide) groups is 1. The molecule has 0 unspecified atom stereocenters. The summed E-state index contributed by atoms with van der Waals surface area (Å²) in [4.78, 5) is 17.7. The van der Waals surface area contributed by atoms with Gasteiger partial charge in [0.15, 0.2) is 5.69 Å². The molecule has 0 radical (unpaired) electrons. The van der Waals surface area contributed by atoms with Gasteiger partial charge in [0.25, 0.3) is 16.7 Å². The largest absolute Gasteiger partial charge is 0.409 e. The normalized spacial score (nSPS) is 11.3. The number of rotatable bonds is 8. The van der Waals surface area contributed by atoms with Crippen molar-refractivity contribution >= 4 is 33.9 Å². The molecule has 33 heavy (non-hydrogen) atoms. The minimum atomic E-state index is -0.154. The van der Waals surface area contributed by atoms with Crippen molar-refractivity contribution in [3.8, 4) is 11.6 Å².